The number of carbonyl (C=O) groups excluding carboxylic acids is 1. The Kier molecular flexibility index (Phi) is 4.60. The zero-order valence-electron chi connectivity index (χ0n) is 14.3. The summed E-state index contributed by atoms with van der Waals surface area (Å²) in [6, 6.07) is 17.1. The summed E-state index contributed by atoms with van der Waals surface area (Å²) in [5.74, 6) is -0.140. The number of carbonyl (C=O) groups is 1. The van der Waals surface area contributed by atoms with Crippen LogP contribution in [0.1, 0.15) is 33.9 Å². The number of benzene rings is 2. The molecule has 0 saturated carbocycles. The molecule has 0 spiro atoms. The summed E-state index contributed by atoms with van der Waals surface area (Å²) in [7, 11) is 0. The lowest BCUT2D eigenvalue weighted by molar-refractivity contribution is 0.0709. The van der Waals surface area contributed by atoms with Crippen LogP contribution >= 0.6 is 11.6 Å². The molecule has 0 saturated heterocycles. The summed E-state index contributed by atoms with van der Waals surface area (Å²) in [4.78, 5) is 17.3. The minimum absolute atomic E-state index is 0.133. The summed E-state index contributed by atoms with van der Waals surface area (Å²) in [5, 5.41) is 16.8. The Morgan fingerprint density at radius 1 is 1.11 bits per heavy atom. The van der Waals surface area contributed by atoms with Gasteiger partial charge >= 0.3 is 0 Å². The molecule has 1 amide bonds. The van der Waals surface area contributed by atoms with Gasteiger partial charge in [-0.2, -0.15) is 5.10 Å². The number of nitrogens with zero attached hydrogens (tertiary/aromatic N) is 3. The number of hydrogen-bond acceptors (Lipinski definition) is 4. The highest BCUT2D eigenvalue weighted by Crippen LogP contribution is 2.37. The predicted molar refractivity (Wildman–Crippen MR) is 104 cm³/mol. The maximum Gasteiger partial charge on any atom is 0.274 e. The van der Waals surface area contributed by atoms with Crippen molar-refractivity contribution < 1.29 is 9.90 Å². The average molecular weight is 378 g/mol. The third-order valence-electron chi connectivity index (χ3n) is 4.48. The highest BCUT2D eigenvalue weighted by molar-refractivity contribution is 6.31. The fourth-order valence-electron chi connectivity index (χ4n) is 3.17. The van der Waals surface area contributed by atoms with E-state index in [1.54, 1.807) is 54.9 Å². The number of pyridine rings is 1. The second kappa shape index (κ2) is 7.21. The monoisotopic (exact) mass is 377 g/mol. The Morgan fingerprint density at radius 2 is 1.96 bits per heavy atom. The number of amides is 1. The minimum Gasteiger partial charge on any atom is -0.508 e. The minimum atomic E-state index is -0.409. The molecule has 6 heteroatoms. The van der Waals surface area contributed by atoms with Crippen LogP contribution in [0.2, 0.25) is 5.02 Å². The molecule has 5 nitrogen and oxygen atoms in total. The SMILES string of the molecule is O=C(c1cccc(Cl)c1)N1N=C(c2cccnc2)CC1c1ccccc1O. The molecule has 0 fully saturated rings. The molecule has 1 aromatic heterocycles. The molecule has 0 bridgehead atoms. The Hall–Kier alpha value is -3.18. The van der Waals surface area contributed by atoms with Crippen LogP contribution in [0.5, 0.6) is 5.75 Å². The van der Waals surface area contributed by atoms with Crippen LogP contribution in [-0.2, 0) is 0 Å². The van der Waals surface area contributed by atoms with E-state index in [1.807, 2.05) is 18.2 Å². The van der Waals surface area contributed by atoms with Gasteiger partial charge in [0.25, 0.3) is 5.91 Å². The molecule has 4 rings (SSSR count). The van der Waals surface area contributed by atoms with Crippen molar-refractivity contribution in [2.75, 3.05) is 0 Å². The molecule has 134 valence electrons. The Labute approximate surface area is 161 Å². The van der Waals surface area contributed by atoms with Crippen LogP contribution in [0.25, 0.3) is 0 Å². The molecule has 1 N–H and O–H groups in total. The molecule has 2 heterocycles. The van der Waals surface area contributed by atoms with Crippen LogP contribution < -0.4 is 0 Å². The zero-order chi connectivity index (χ0) is 18.8. The summed E-state index contributed by atoms with van der Waals surface area (Å²) in [6.07, 6.45) is 3.89. The highest BCUT2D eigenvalue weighted by atomic mass is 35.5. The predicted octanol–water partition coefficient (Wildman–Crippen LogP) is 4.43. The molecule has 2 aromatic carbocycles. The first-order valence-corrected chi connectivity index (χ1v) is 8.86. The molecule has 0 aliphatic carbocycles. The summed E-state index contributed by atoms with van der Waals surface area (Å²) in [6.45, 7) is 0. The van der Waals surface area contributed by atoms with Gasteiger partial charge in [-0.1, -0.05) is 41.9 Å². The van der Waals surface area contributed by atoms with Crippen molar-refractivity contribution in [3.63, 3.8) is 0 Å². The number of phenolic OH excluding ortho intramolecular Hbond substituents is 1. The molecule has 1 unspecified atom stereocenters. The van der Waals surface area contributed by atoms with Crippen LogP contribution in [0, 0.1) is 0 Å². The zero-order valence-corrected chi connectivity index (χ0v) is 15.0. The maximum atomic E-state index is 13.1. The molecule has 3 aromatic rings. The number of aromatic nitrogens is 1. The van der Waals surface area contributed by atoms with Gasteiger partial charge < -0.3 is 5.11 Å². The van der Waals surface area contributed by atoms with Gasteiger partial charge in [0.05, 0.1) is 11.8 Å². The number of phenols is 1. The number of rotatable bonds is 3. The van der Waals surface area contributed by atoms with Crippen LogP contribution in [0.3, 0.4) is 0 Å². The summed E-state index contributed by atoms with van der Waals surface area (Å²) >= 11 is 6.04. The van der Waals surface area contributed by atoms with E-state index < -0.39 is 6.04 Å². The Bertz CT molecular complexity index is 1020. The number of hydrazone groups is 1. The summed E-state index contributed by atoms with van der Waals surface area (Å²) < 4.78 is 0. The van der Waals surface area contributed by atoms with E-state index in [-0.39, 0.29) is 11.7 Å². The molecule has 1 atom stereocenters. The maximum absolute atomic E-state index is 13.1. The van der Waals surface area contributed by atoms with Crippen LogP contribution in [-0.4, -0.2) is 26.7 Å². The quantitative estimate of drug-likeness (QED) is 0.734. The summed E-state index contributed by atoms with van der Waals surface area (Å²) in [5.41, 5.74) is 2.68. The van der Waals surface area contributed by atoms with Gasteiger partial charge in [0.2, 0.25) is 0 Å². The highest BCUT2D eigenvalue weighted by Gasteiger charge is 2.35. The first-order valence-electron chi connectivity index (χ1n) is 8.48. The van der Waals surface area contributed by atoms with E-state index in [0.717, 1.165) is 11.3 Å². The van der Waals surface area contributed by atoms with E-state index in [9.17, 15) is 9.90 Å². The fourth-order valence-corrected chi connectivity index (χ4v) is 3.36. The standard InChI is InChI=1S/C21H16ClN3O2/c22-16-7-3-5-14(11-16)21(27)25-19(17-8-1-2-9-20(17)26)12-18(24-25)15-6-4-10-23-13-15/h1-11,13,19,26H,12H2. The molecule has 1 aliphatic heterocycles. The molecule has 0 radical (unpaired) electrons. The second-order valence-corrected chi connectivity index (χ2v) is 6.66. The van der Waals surface area contributed by atoms with Gasteiger partial charge in [-0.15, -0.1) is 0 Å². The number of aromatic hydroxyl groups is 1. The van der Waals surface area contributed by atoms with E-state index in [4.69, 9.17) is 11.6 Å². The largest absolute Gasteiger partial charge is 0.508 e. The normalized spacial score (nSPS) is 16.3. The van der Waals surface area contributed by atoms with Crippen molar-refractivity contribution in [3.05, 3.63) is 94.8 Å². The topological polar surface area (TPSA) is 65.8 Å². The first kappa shape index (κ1) is 17.2. The van der Waals surface area contributed by atoms with Crippen LogP contribution in [0.4, 0.5) is 0 Å². The van der Waals surface area contributed by atoms with Crippen molar-refractivity contribution in [1.29, 1.82) is 0 Å². The molecular formula is C21H16ClN3O2. The van der Waals surface area contributed by atoms with E-state index in [2.05, 4.69) is 10.1 Å². The van der Waals surface area contributed by atoms with Crippen molar-refractivity contribution in [1.82, 2.24) is 9.99 Å². The van der Waals surface area contributed by atoms with E-state index in [0.29, 0.717) is 22.6 Å². The Balaban J connectivity index is 1.76. The average Bonchev–Trinajstić information content (AvgIpc) is 3.13. The molecule has 27 heavy (non-hydrogen) atoms. The van der Waals surface area contributed by atoms with Gasteiger partial charge in [-0.05, 0) is 30.3 Å². The van der Waals surface area contributed by atoms with Crippen molar-refractivity contribution in [2.45, 2.75) is 12.5 Å². The Morgan fingerprint density at radius 3 is 2.70 bits per heavy atom. The van der Waals surface area contributed by atoms with Crippen molar-refractivity contribution >= 4 is 23.2 Å². The van der Waals surface area contributed by atoms with Gasteiger partial charge in [-0.25, -0.2) is 5.01 Å². The van der Waals surface area contributed by atoms with Crippen molar-refractivity contribution in [3.8, 4) is 5.75 Å². The van der Waals surface area contributed by atoms with Gasteiger partial charge in [-0.3, -0.25) is 9.78 Å². The number of para-hydroxylation sites is 1. The third-order valence-corrected chi connectivity index (χ3v) is 4.72. The second-order valence-electron chi connectivity index (χ2n) is 6.23. The number of hydrogen-bond donors (Lipinski definition) is 1. The van der Waals surface area contributed by atoms with Gasteiger partial charge in [0.15, 0.2) is 0 Å². The first-order chi connectivity index (χ1) is 13.1. The smallest absolute Gasteiger partial charge is 0.274 e. The molecular weight excluding hydrogens is 362 g/mol. The van der Waals surface area contributed by atoms with E-state index in [1.165, 1.54) is 5.01 Å². The van der Waals surface area contributed by atoms with Gasteiger partial charge in [0, 0.05) is 40.5 Å². The fraction of sp³-hybridized carbons (Fsp3) is 0.0952. The van der Waals surface area contributed by atoms with Crippen molar-refractivity contribution in [2.24, 2.45) is 5.10 Å². The van der Waals surface area contributed by atoms with Crippen LogP contribution in [0.15, 0.2) is 78.2 Å². The lowest BCUT2D eigenvalue weighted by Crippen LogP contribution is -2.27. The molecule has 1 aliphatic rings. The lowest BCUT2D eigenvalue weighted by Gasteiger charge is -2.22. The van der Waals surface area contributed by atoms with E-state index >= 15 is 0 Å². The number of halogens is 1. The van der Waals surface area contributed by atoms with Gasteiger partial charge in [0.1, 0.15) is 5.75 Å². The third kappa shape index (κ3) is 3.41. The lowest BCUT2D eigenvalue weighted by atomic mass is 9.98.